The molecule has 0 aromatic carbocycles. The van der Waals surface area contributed by atoms with Gasteiger partial charge in [0.25, 0.3) is 5.56 Å². The lowest BCUT2D eigenvalue weighted by molar-refractivity contribution is 0.00944. The summed E-state index contributed by atoms with van der Waals surface area (Å²) in [5, 5.41) is 0. The number of aromatic nitrogens is 2. The van der Waals surface area contributed by atoms with Crippen LogP contribution in [0.4, 0.5) is 0 Å². The third kappa shape index (κ3) is 2.13. The van der Waals surface area contributed by atoms with E-state index in [1.165, 1.54) is 16.8 Å². The number of nitrogens with one attached hydrogen (secondary N) is 1. The Morgan fingerprint density at radius 1 is 1.53 bits per heavy atom. The first-order valence-corrected chi connectivity index (χ1v) is 5.27. The summed E-state index contributed by atoms with van der Waals surface area (Å²) in [5.41, 5.74) is -0.842. The molecule has 1 N–H and O–H groups in total. The van der Waals surface area contributed by atoms with E-state index in [1.807, 2.05) is 0 Å². The highest BCUT2D eigenvalue weighted by molar-refractivity contribution is 6.18. The minimum atomic E-state index is -0.442. The van der Waals surface area contributed by atoms with E-state index < -0.39 is 11.2 Å². The largest absolute Gasteiger partial charge is 0.353 e. The summed E-state index contributed by atoms with van der Waals surface area (Å²) in [7, 11) is 0. The molecule has 1 aromatic heterocycles. The molecular weight excluding hydrogens is 220 g/mol. The van der Waals surface area contributed by atoms with Crippen LogP contribution < -0.4 is 11.2 Å². The molecule has 2 heterocycles. The van der Waals surface area contributed by atoms with Gasteiger partial charge in [0.1, 0.15) is 6.23 Å². The molecule has 1 saturated heterocycles. The standard InChI is InChI=1S/C9H11ClN2O3/c10-5-6-1-2-8(15-6)12-4-3-7(13)11-9(12)14/h3-4,6,8H,1-2,5H2,(H,11,13,14)/t6-,8-/m1/s1. The van der Waals surface area contributed by atoms with Gasteiger partial charge in [-0.15, -0.1) is 11.6 Å². The van der Waals surface area contributed by atoms with Crippen LogP contribution in [-0.2, 0) is 4.74 Å². The first-order chi connectivity index (χ1) is 7.20. The van der Waals surface area contributed by atoms with Crippen LogP contribution in [0.3, 0.4) is 0 Å². The fraction of sp³-hybridized carbons (Fsp3) is 0.556. The Hall–Kier alpha value is -1.07. The lowest BCUT2D eigenvalue weighted by atomic mass is 10.2. The number of hydrogen-bond donors (Lipinski definition) is 1. The molecule has 15 heavy (non-hydrogen) atoms. The van der Waals surface area contributed by atoms with Gasteiger partial charge >= 0.3 is 5.69 Å². The molecular formula is C9H11ClN2O3. The maximum atomic E-state index is 11.4. The van der Waals surface area contributed by atoms with Gasteiger partial charge < -0.3 is 4.74 Å². The number of hydrogen-bond acceptors (Lipinski definition) is 3. The minimum absolute atomic E-state index is 0.00417. The van der Waals surface area contributed by atoms with Crippen molar-refractivity contribution in [3.05, 3.63) is 33.1 Å². The second-order valence-corrected chi connectivity index (χ2v) is 3.77. The molecule has 0 spiro atoms. The number of aromatic amines is 1. The van der Waals surface area contributed by atoms with Gasteiger partial charge in [0.15, 0.2) is 0 Å². The summed E-state index contributed by atoms with van der Waals surface area (Å²) in [4.78, 5) is 24.5. The Labute approximate surface area is 90.6 Å². The normalized spacial score (nSPS) is 25.7. The second kappa shape index (κ2) is 4.20. The van der Waals surface area contributed by atoms with Crippen molar-refractivity contribution >= 4 is 11.6 Å². The summed E-state index contributed by atoms with van der Waals surface area (Å²) in [5.74, 6) is 0.425. The molecule has 1 aromatic rings. The Morgan fingerprint density at radius 3 is 2.93 bits per heavy atom. The third-order valence-corrected chi connectivity index (χ3v) is 2.76. The third-order valence-electron chi connectivity index (χ3n) is 2.42. The van der Waals surface area contributed by atoms with Crippen LogP contribution in [0, 0.1) is 0 Å². The Balaban J connectivity index is 2.24. The van der Waals surface area contributed by atoms with E-state index in [1.54, 1.807) is 0 Å². The highest BCUT2D eigenvalue weighted by Gasteiger charge is 2.26. The van der Waals surface area contributed by atoms with E-state index in [0.29, 0.717) is 5.88 Å². The summed E-state index contributed by atoms with van der Waals surface area (Å²) in [6.45, 7) is 0. The molecule has 6 heteroatoms. The van der Waals surface area contributed by atoms with Crippen molar-refractivity contribution in [2.75, 3.05) is 5.88 Å². The average Bonchev–Trinajstić information content (AvgIpc) is 2.66. The van der Waals surface area contributed by atoms with E-state index in [-0.39, 0.29) is 12.3 Å². The minimum Gasteiger partial charge on any atom is -0.353 e. The second-order valence-electron chi connectivity index (χ2n) is 3.46. The van der Waals surface area contributed by atoms with E-state index in [0.717, 1.165) is 12.8 Å². The van der Waals surface area contributed by atoms with Crippen molar-refractivity contribution in [3.8, 4) is 0 Å². The maximum Gasteiger partial charge on any atom is 0.330 e. The zero-order chi connectivity index (χ0) is 10.8. The molecule has 1 aliphatic heterocycles. The van der Waals surface area contributed by atoms with Crippen molar-refractivity contribution in [1.82, 2.24) is 9.55 Å². The highest BCUT2D eigenvalue weighted by atomic mass is 35.5. The Morgan fingerprint density at radius 2 is 2.33 bits per heavy atom. The fourth-order valence-corrected chi connectivity index (χ4v) is 1.89. The molecule has 0 aliphatic carbocycles. The first-order valence-electron chi connectivity index (χ1n) is 4.73. The van der Waals surface area contributed by atoms with E-state index >= 15 is 0 Å². The molecule has 0 saturated carbocycles. The summed E-state index contributed by atoms with van der Waals surface area (Å²) in [6.07, 6.45) is 2.71. The molecule has 82 valence electrons. The van der Waals surface area contributed by atoms with Crippen LogP contribution in [0.15, 0.2) is 21.9 Å². The topological polar surface area (TPSA) is 64.1 Å². The van der Waals surface area contributed by atoms with Crippen LogP contribution in [0.25, 0.3) is 0 Å². The predicted octanol–water partition coefficient (Wildman–Crippen LogP) is 0.453. The molecule has 2 rings (SSSR count). The van der Waals surface area contributed by atoms with Crippen molar-refractivity contribution in [1.29, 1.82) is 0 Å². The van der Waals surface area contributed by atoms with Gasteiger partial charge in [-0.25, -0.2) is 4.79 Å². The SMILES string of the molecule is O=c1ccn([C@H]2CC[C@H](CCl)O2)c(=O)[nH]1. The quantitative estimate of drug-likeness (QED) is 0.751. The number of halogens is 1. The van der Waals surface area contributed by atoms with Gasteiger partial charge in [-0.3, -0.25) is 14.3 Å². The summed E-state index contributed by atoms with van der Waals surface area (Å²) >= 11 is 5.66. The molecule has 1 aliphatic rings. The summed E-state index contributed by atoms with van der Waals surface area (Å²) in [6, 6.07) is 1.30. The van der Waals surface area contributed by atoms with Gasteiger partial charge in [-0.2, -0.15) is 0 Å². The monoisotopic (exact) mass is 230 g/mol. The molecule has 0 unspecified atom stereocenters. The number of ether oxygens (including phenoxy) is 1. The van der Waals surface area contributed by atoms with Gasteiger partial charge in [-0.1, -0.05) is 0 Å². The zero-order valence-electron chi connectivity index (χ0n) is 7.98. The van der Waals surface area contributed by atoms with Crippen molar-refractivity contribution in [2.45, 2.75) is 25.2 Å². The van der Waals surface area contributed by atoms with Crippen LogP contribution in [0.2, 0.25) is 0 Å². The van der Waals surface area contributed by atoms with E-state index in [9.17, 15) is 9.59 Å². The van der Waals surface area contributed by atoms with E-state index in [2.05, 4.69) is 4.98 Å². The molecule has 2 atom stereocenters. The van der Waals surface area contributed by atoms with Crippen LogP contribution in [0.1, 0.15) is 19.1 Å². The van der Waals surface area contributed by atoms with Gasteiger partial charge in [-0.05, 0) is 12.8 Å². The number of alkyl halides is 1. The lowest BCUT2D eigenvalue weighted by Crippen LogP contribution is -2.31. The van der Waals surface area contributed by atoms with Gasteiger partial charge in [0, 0.05) is 18.1 Å². The number of nitrogens with zero attached hydrogens (tertiary/aromatic N) is 1. The van der Waals surface area contributed by atoms with Crippen LogP contribution >= 0.6 is 11.6 Å². The molecule has 0 amide bonds. The number of H-pyrrole nitrogens is 1. The van der Waals surface area contributed by atoms with Crippen molar-refractivity contribution in [2.24, 2.45) is 0 Å². The predicted molar refractivity (Wildman–Crippen MR) is 55.2 cm³/mol. The first kappa shape index (κ1) is 10.4. The van der Waals surface area contributed by atoms with E-state index in [4.69, 9.17) is 16.3 Å². The smallest absolute Gasteiger partial charge is 0.330 e. The fourth-order valence-electron chi connectivity index (χ4n) is 1.66. The Kier molecular flexibility index (Phi) is 2.93. The molecule has 0 radical (unpaired) electrons. The lowest BCUT2D eigenvalue weighted by Gasteiger charge is -2.13. The number of rotatable bonds is 2. The van der Waals surface area contributed by atoms with Crippen LogP contribution in [-0.4, -0.2) is 21.5 Å². The highest BCUT2D eigenvalue weighted by Crippen LogP contribution is 2.27. The van der Waals surface area contributed by atoms with Gasteiger partial charge in [0.2, 0.25) is 0 Å². The summed E-state index contributed by atoms with van der Waals surface area (Å²) < 4.78 is 6.91. The Bertz CT molecular complexity index is 453. The van der Waals surface area contributed by atoms with Crippen molar-refractivity contribution in [3.63, 3.8) is 0 Å². The maximum absolute atomic E-state index is 11.4. The van der Waals surface area contributed by atoms with Gasteiger partial charge in [0.05, 0.1) is 6.10 Å². The average molecular weight is 231 g/mol. The molecule has 0 bridgehead atoms. The molecule has 5 nitrogen and oxygen atoms in total. The molecule has 1 fully saturated rings. The zero-order valence-corrected chi connectivity index (χ0v) is 8.74. The van der Waals surface area contributed by atoms with Crippen molar-refractivity contribution < 1.29 is 4.74 Å². The van der Waals surface area contributed by atoms with Crippen LogP contribution in [0.5, 0.6) is 0 Å².